The number of fused-ring (bicyclic) bond motifs is 3. The molecule has 9 heteroatoms. The van der Waals surface area contributed by atoms with E-state index in [9.17, 15) is 15.0 Å². The van der Waals surface area contributed by atoms with Gasteiger partial charge in [0.15, 0.2) is 11.2 Å². The number of methoxy groups -OCH3 is 1. The van der Waals surface area contributed by atoms with E-state index in [1.165, 1.54) is 13.2 Å². The molecule has 3 aliphatic rings. The molecule has 192 valence electrons. The summed E-state index contributed by atoms with van der Waals surface area (Å²) in [4.78, 5) is 20.1. The lowest BCUT2D eigenvalue weighted by molar-refractivity contribution is -0.156. The summed E-state index contributed by atoms with van der Waals surface area (Å²) < 4.78 is 13.1. The van der Waals surface area contributed by atoms with Crippen molar-refractivity contribution in [1.82, 2.24) is 9.88 Å². The summed E-state index contributed by atoms with van der Waals surface area (Å²) in [5.41, 5.74) is -2.08. The van der Waals surface area contributed by atoms with Gasteiger partial charge in [0.25, 0.3) is 0 Å². The highest BCUT2D eigenvalue weighted by atomic mass is 79.9. The number of pyridine rings is 1. The standard InChI is InChI=1S/C28H26BrClN2O5/c1-36-25-23-19(15-20(30)31-25)37-28(17-9-11-18(29)12-10-17)22(16-7-3-2-4-8-16)21(24(33)27(23,28)35)26(34)32-13-5-6-14-32/h2-4,7-12,15,21-22,24,33,35H,5-6,13-14H2,1H3/t21-,22-,24-,27+,28+/m1/s1. The lowest BCUT2D eigenvalue weighted by atomic mass is 9.70. The average Bonchev–Trinajstić information content (AvgIpc) is 3.57. The molecule has 5 atom stereocenters. The Hall–Kier alpha value is -2.65. The van der Waals surface area contributed by atoms with E-state index in [-0.39, 0.29) is 28.3 Å². The van der Waals surface area contributed by atoms with Gasteiger partial charge in [0.2, 0.25) is 11.8 Å². The Bertz CT molecular complexity index is 1350. The molecular weight excluding hydrogens is 560 g/mol. The van der Waals surface area contributed by atoms with Crippen molar-refractivity contribution < 1.29 is 24.5 Å². The van der Waals surface area contributed by atoms with Crippen molar-refractivity contribution in [2.75, 3.05) is 20.2 Å². The van der Waals surface area contributed by atoms with E-state index >= 15 is 0 Å². The first-order valence-corrected chi connectivity index (χ1v) is 13.4. The van der Waals surface area contributed by atoms with Crippen molar-refractivity contribution in [3.8, 4) is 11.6 Å². The Labute approximate surface area is 228 Å². The minimum absolute atomic E-state index is 0.0455. The van der Waals surface area contributed by atoms with Crippen LogP contribution in [0.2, 0.25) is 5.15 Å². The van der Waals surface area contributed by atoms with Crippen LogP contribution in [0.3, 0.4) is 0 Å². The van der Waals surface area contributed by atoms with Gasteiger partial charge < -0.3 is 24.6 Å². The Kier molecular flexibility index (Phi) is 5.99. The fourth-order valence-electron chi connectivity index (χ4n) is 6.53. The Morgan fingerprint density at radius 2 is 1.84 bits per heavy atom. The molecule has 0 radical (unpaired) electrons. The molecule has 1 saturated carbocycles. The van der Waals surface area contributed by atoms with Crippen molar-refractivity contribution in [2.45, 2.75) is 36.1 Å². The molecule has 3 heterocycles. The number of aliphatic hydroxyl groups excluding tert-OH is 1. The fourth-order valence-corrected chi connectivity index (χ4v) is 6.97. The predicted molar refractivity (Wildman–Crippen MR) is 141 cm³/mol. The van der Waals surface area contributed by atoms with Gasteiger partial charge in [0.05, 0.1) is 18.6 Å². The van der Waals surface area contributed by atoms with Crippen LogP contribution in [0.1, 0.15) is 35.4 Å². The maximum Gasteiger partial charge on any atom is 0.229 e. The molecule has 6 rings (SSSR count). The lowest BCUT2D eigenvalue weighted by Crippen LogP contribution is -2.52. The number of aromatic nitrogens is 1. The first-order valence-electron chi connectivity index (χ1n) is 12.3. The number of hydrogen-bond donors (Lipinski definition) is 2. The van der Waals surface area contributed by atoms with Crippen molar-refractivity contribution in [3.05, 3.63) is 87.0 Å². The third kappa shape index (κ3) is 3.39. The van der Waals surface area contributed by atoms with Crippen LogP contribution in [-0.4, -0.2) is 52.3 Å². The normalized spacial score (nSPS) is 30.1. The minimum Gasteiger partial charge on any atom is -0.481 e. The maximum absolute atomic E-state index is 14.1. The fraction of sp³-hybridized carbons (Fsp3) is 0.357. The van der Waals surface area contributed by atoms with Crippen LogP contribution < -0.4 is 9.47 Å². The molecule has 2 aromatic carbocycles. The summed E-state index contributed by atoms with van der Waals surface area (Å²) >= 11 is 9.78. The van der Waals surface area contributed by atoms with Gasteiger partial charge in [-0.3, -0.25) is 4.79 Å². The van der Waals surface area contributed by atoms with Crippen molar-refractivity contribution in [3.63, 3.8) is 0 Å². The number of likely N-dealkylation sites (tertiary alicyclic amines) is 1. The van der Waals surface area contributed by atoms with Crippen LogP contribution in [0, 0.1) is 5.92 Å². The molecule has 1 aliphatic carbocycles. The highest BCUT2D eigenvalue weighted by Gasteiger charge is 2.78. The summed E-state index contributed by atoms with van der Waals surface area (Å²) in [7, 11) is 1.42. The number of carbonyl (C=O) groups is 1. The number of benzene rings is 2. The molecule has 3 aromatic rings. The number of rotatable bonds is 4. The van der Waals surface area contributed by atoms with Gasteiger partial charge in [-0.2, -0.15) is 0 Å². The number of ether oxygens (including phenoxy) is 2. The van der Waals surface area contributed by atoms with Crippen LogP contribution in [0.15, 0.2) is 65.1 Å². The van der Waals surface area contributed by atoms with Crippen molar-refractivity contribution in [1.29, 1.82) is 0 Å². The Morgan fingerprint density at radius 1 is 1.16 bits per heavy atom. The van der Waals surface area contributed by atoms with E-state index in [1.54, 1.807) is 4.90 Å². The van der Waals surface area contributed by atoms with Crippen LogP contribution in [0.25, 0.3) is 0 Å². The number of aliphatic hydroxyl groups is 2. The first kappa shape index (κ1) is 24.7. The van der Waals surface area contributed by atoms with Crippen molar-refractivity contribution in [2.24, 2.45) is 5.92 Å². The van der Waals surface area contributed by atoms with Crippen LogP contribution >= 0.6 is 27.5 Å². The van der Waals surface area contributed by atoms with Gasteiger partial charge in [-0.1, -0.05) is 70.0 Å². The molecule has 0 spiro atoms. The smallest absolute Gasteiger partial charge is 0.229 e. The van der Waals surface area contributed by atoms with Gasteiger partial charge in [-0.15, -0.1) is 0 Å². The average molecular weight is 586 g/mol. The van der Waals surface area contributed by atoms with Gasteiger partial charge in [-0.25, -0.2) is 4.98 Å². The topological polar surface area (TPSA) is 92.1 Å². The summed E-state index contributed by atoms with van der Waals surface area (Å²) in [5, 5.41) is 25.0. The molecule has 1 saturated heterocycles. The van der Waals surface area contributed by atoms with Gasteiger partial charge in [-0.05, 0) is 36.1 Å². The first-order chi connectivity index (χ1) is 17.8. The summed E-state index contributed by atoms with van der Waals surface area (Å²) in [6.07, 6.45) is 0.289. The Balaban J connectivity index is 1.68. The molecule has 37 heavy (non-hydrogen) atoms. The largest absolute Gasteiger partial charge is 0.481 e. The molecule has 0 bridgehead atoms. The quantitative estimate of drug-likeness (QED) is 0.442. The summed E-state index contributed by atoms with van der Waals surface area (Å²) in [6, 6.07) is 18.4. The highest BCUT2D eigenvalue weighted by molar-refractivity contribution is 9.10. The number of hydrogen-bond acceptors (Lipinski definition) is 6. The van der Waals surface area contributed by atoms with E-state index < -0.39 is 29.1 Å². The summed E-state index contributed by atoms with van der Waals surface area (Å²) in [6.45, 7) is 1.23. The molecule has 1 aromatic heterocycles. The van der Waals surface area contributed by atoms with Gasteiger partial charge >= 0.3 is 0 Å². The zero-order valence-corrected chi connectivity index (χ0v) is 22.4. The number of nitrogens with zero attached hydrogens (tertiary/aromatic N) is 2. The van der Waals surface area contributed by atoms with Crippen LogP contribution in [0.4, 0.5) is 0 Å². The van der Waals surface area contributed by atoms with Gasteiger partial charge in [0, 0.05) is 29.5 Å². The molecule has 2 fully saturated rings. The molecule has 7 nitrogen and oxygen atoms in total. The second kappa shape index (κ2) is 8.98. The highest BCUT2D eigenvalue weighted by Crippen LogP contribution is 2.70. The number of halogens is 2. The number of amides is 1. The minimum atomic E-state index is -2.07. The third-order valence-corrected chi connectivity index (χ3v) is 8.75. The van der Waals surface area contributed by atoms with Crippen molar-refractivity contribution >= 4 is 33.4 Å². The van der Waals surface area contributed by atoms with E-state index in [1.807, 2.05) is 54.6 Å². The Morgan fingerprint density at radius 3 is 2.49 bits per heavy atom. The number of carbonyl (C=O) groups excluding carboxylic acids is 1. The zero-order valence-electron chi connectivity index (χ0n) is 20.1. The molecule has 0 unspecified atom stereocenters. The molecule has 2 N–H and O–H groups in total. The second-order valence-corrected chi connectivity index (χ2v) is 11.1. The zero-order chi connectivity index (χ0) is 25.9. The van der Waals surface area contributed by atoms with E-state index in [4.69, 9.17) is 21.1 Å². The second-order valence-electron chi connectivity index (χ2n) is 9.83. The van der Waals surface area contributed by atoms with E-state index in [2.05, 4.69) is 20.9 Å². The van der Waals surface area contributed by atoms with E-state index in [0.29, 0.717) is 18.7 Å². The molecular formula is C28H26BrClN2O5. The summed E-state index contributed by atoms with van der Waals surface area (Å²) in [5.74, 6) is -1.62. The molecule has 1 amide bonds. The predicted octanol–water partition coefficient (Wildman–Crippen LogP) is 4.38. The lowest BCUT2D eigenvalue weighted by Gasteiger charge is -2.40. The molecule has 2 aliphatic heterocycles. The van der Waals surface area contributed by atoms with Crippen LogP contribution in [0.5, 0.6) is 11.6 Å². The van der Waals surface area contributed by atoms with E-state index in [0.717, 1.165) is 22.9 Å². The SMILES string of the molecule is COc1nc(Cl)cc2c1[C@]1(O)[C@H](O)[C@H](C(=O)N3CCCC3)[C@@H](c3ccccc3)[C@]1(c1ccc(Br)cc1)O2. The third-order valence-electron chi connectivity index (χ3n) is 8.03. The van der Waals surface area contributed by atoms with Gasteiger partial charge in [0.1, 0.15) is 17.0 Å². The maximum atomic E-state index is 14.1. The van der Waals surface area contributed by atoms with Crippen LogP contribution in [-0.2, 0) is 16.0 Å². The monoisotopic (exact) mass is 584 g/mol.